The number of para-hydroxylation sites is 1. The van der Waals surface area contributed by atoms with Crippen LogP contribution in [0.1, 0.15) is 17.0 Å². The van der Waals surface area contributed by atoms with Crippen molar-refractivity contribution in [2.45, 2.75) is 12.5 Å². The number of hydrogen-bond acceptors (Lipinski definition) is 1. The van der Waals surface area contributed by atoms with Gasteiger partial charge in [0.15, 0.2) is 0 Å². The largest absolute Gasteiger partial charge is 0.365 e. The van der Waals surface area contributed by atoms with Crippen LogP contribution in [0, 0.1) is 0 Å². The lowest BCUT2D eigenvalue weighted by molar-refractivity contribution is 0.728. The number of anilines is 1. The molecule has 0 saturated heterocycles. The minimum atomic E-state index is 0.275. The molecule has 0 aromatic heterocycles. The molecule has 0 aliphatic rings. The Balaban J connectivity index is 1.90. The van der Waals surface area contributed by atoms with Crippen LogP contribution in [-0.2, 0) is 6.54 Å². The second-order valence-corrected chi connectivity index (χ2v) is 6.92. The molecule has 0 bridgehead atoms. The summed E-state index contributed by atoms with van der Waals surface area (Å²) in [6.07, 6.45) is 2.05. The summed E-state index contributed by atoms with van der Waals surface area (Å²) in [7, 11) is 0. The van der Waals surface area contributed by atoms with Gasteiger partial charge in [-0.3, -0.25) is 0 Å². The van der Waals surface area contributed by atoms with E-state index in [1.54, 1.807) is 0 Å². The first-order valence-corrected chi connectivity index (χ1v) is 9.28. The van der Waals surface area contributed by atoms with Crippen LogP contribution in [0.4, 0.5) is 5.69 Å². The predicted octanol–water partition coefficient (Wildman–Crippen LogP) is 6.43. The molecule has 1 nitrogen and oxygen atoms in total. The van der Waals surface area contributed by atoms with Crippen molar-refractivity contribution in [2.75, 3.05) is 11.4 Å². The van der Waals surface area contributed by atoms with E-state index in [4.69, 9.17) is 0 Å². The Morgan fingerprint density at radius 2 is 1.44 bits per heavy atom. The molecule has 0 radical (unpaired) electrons. The summed E-state index contributed by atoms with van der Waals surface area (Å²) in [6.45, 7) is 5.82. The fraction of sp³-hybridized carbons (Fsp3) is 0.130. The molecule has 1 atom stereocenters. The average molecular weight is 392 g/mol. The first kappa shape index (κ1) is 17.5. The summed E-state index contributed by atoms with van der Waals surface area (Å²) in [5.74, 6) is 0.275. The second-order valence-electron chi connectivity index (χ2n) is 6.07. The Bertz CT molecular complexity index is 799. The highest BCUT2D eigenvalue weighted by molar-refractivity contribution is 9.10. The highest BCUT2D eigenvalue weighted by atomic mass is 79.9. The molecule has 25 heavy (non-hydrogen) atoms. The molecular weight excluding hydrogens is 370 g/mol. The summed E-state index contributed by atoms with van der Waals surface area (Å²) in [6, 6.07) is 29.6. The molecule has 126 valence electrons. The Labute approximate surface area is 158 Å². The van der Waals surface area contributed by atoms with Crippen molar-refractivity contribution >= 4 is 21.6 Å². The monoisotopic (exact) mass is 391 g/mol. The standard InChI is InChI=1S/C23H22BrN/c1-2-20(21-13-7-4-8-14-21)18-25(17-19-11-5-3-6-12-19)23-16-10-9-15-22(23)24/h2-16,20H,1,17-18H2. The lowest BCUT2D eigenvalue weighted by Crippen LogP contribution is -2.28. The van der Waals surface area contributed by atoms with Crippen LogP contribution in [0.15, 0.2) is 102 Å². The van der Waals surface area contributed by atoms with Crippen LogP contribution < -0.4 is 4.90 Å². The number of benzene rings is 3. The fourth-order valence-corrected chi connectivity index (χ4v) is 3.55. The van der Waals surface area contributed by atoms with Gasteiger partial charge < -0.3 is 4.90 Å². The lowest BCUT2D eigenvalue weighted by Gasteiger charge is -2.29. The smallest absolute Gasteiger partial charge is 0.0513 e. The van der Waals surface area contributed by atoms with E-state index < -0.39 is 0 Å². The maximum atomic E-state index is 4.08. The zero-order valence-electron chi connectivity index (χ0n) is 14.2. The molecule has 0 N–H and O–H groups in total. The van der Waals surface area contributed by atoms with Crippen molar-refractivity contribution in [2.24, 2.45) is 0 Å². The highest BCUT2D eigenvalue weighted by Gasteiger charge is 2.16. The van der Waals surface area contributed by atoms with E-state index in [0.29, 0.717) is 0 Å². The maximum absolute atomic E-state index is 4.08. The molecule has 3 rings (SSSR count). The average Bonchev–Trinajstić information content (AvgIpc) is 2.67. The summed E-state index contributed by atoms with van der Waals surface area (Å²) >= 11 is 3.71. The molecule has 0 heterocycles. The first-order valence-electron chi connectivity index (χ1n) is 8.49. The van der Waals surface area contributed by atoms with Crippen LogP contribution in [0.25, 0.3) is 0 Å². The minimum absolute atomic E-state index is 0.275. The molecule has 0 saturated carbocycles. The van der Waals surface area contributed by atoms with Gasteiger partial charge in [-0.1, -0.05) is 78.9 Å². The maximum Gasteiger partial charge on any atom is 0.0513 e. The Kier molecular flexibility index (Phi) is 6.08. The number of rotatable bonds is 7. The molecule has 1 unspecified atom stereocenters. The number of nitrogens with zero attached hydrogens (tertiary/aromatic N) is 1. The van der Waals surface area contributed by atoms with Crippen molar-refractivity contribution in [1.82, 2.24) is 0 Å². The van der Waals surface area contributed by atoms with E-state index in [0.717, 1.165) is 17.6 Å². The van der Waals surface area contributed by atoms with E-state index in [9.17, 15) is 0 Å². The fourth-order valence-electron chi connectivity index (χ4n) is 3.01. The van der Waals surface area contributed by atoms with Gasteiger partial charge in [-0.05, 0) is 39.2 Å². The molecule has 3 aromatic carbocycles. The van der Waals surface area contributed by atoms with Crippen LogP contribution in [-0.4, -0.2) is 6.54 Å². The summed E-state index contributed by atoms with van der Waals surface area (Å²) in [5, 5.41) is 0. The van der Waals surface area contributed by atoms with Crippen LogP contribution in [0.3, 0.4) is 0 Å². The molecule has 0 aliphatic heterocycles. The van der Waals surface area contributed by atoms with Crippen LogP contribution in [0.2, 0.25) is 0 Å². The molecule has 0 amide bonds. The topological polar surface area (TPSA) is 3.24 Å². The van der Waals surface area contributed by atoms with Gasteiger partial charge in [0.2, 0.25) is 0 Å². The quantitative estimate of drug-likeness (QED) is 0.419. The number of hydrogen-bond donors (Lipinski definition) is 0. The van der Waals surface area contributed by atoms with E-state index in [-0.39, 0.29) is 5.92 Å². The Hall–Kier alpha value is -2.32. The summed E-state index contributed by atoms with van der Waals surface area (Å²) in [5.41, 5.74) is 3.80. The zero-order valence-corrected chi connectivity index (χ0v) is 15.8. The normalized spacial score (nSPS) is 11.7. The SMILES string of the molecule is C=CC(CN(Cc1ccccc1)c1ccccc1Br)c1ccccc1. The third-order valence-corrected chi connectivity index (χ3v) is 5.01. The molecular formula is C23H22BrN. The van der Waals surface area contributed by atoms with Gasteiger partial charge in [0.1, 0.15) is 0 Å². The van der Waals surface area contributed by atoms with E-state index in [1.165, 1.54) is 16.8 Å². The van der Waals surface area contributed by atoms with E-state index in [2.05, 4.69) is 112 Å². The van der Waals surface area contributed by atoms with Gasteiger partial charge in [-0.2, -0.15) is 0 Å². The van der Waals surface area contributed by atoms with E-state index in [1.807, 2.05) is 6.08 Å². The molecule has 3 aromatic rings. The third-order valence-electron chi connectivity index (χ3n) is 4.34. The van der Waals surface area contributed by atoms with Gasteiger partial charge in [0.25, 0.3) is 0 Å². The molecule has 0 aliphatic carbocycles. The Morgan fingerprint density at radius 1 is 0.840 bits per heavy atom. The number of halogens is 1. The van der Waals surface area contributed by atoms with E-state index >= 15 is 0 Å². The minimum Gasteiger partial charge on any atom is -0.365 e. The van der Waals surface area contributed by atoms with Crippen LogP contribution >= 0.6 is 15.9 Å². The first-order chi connectivity index (χ1) is 12.3. The zero-order chi connectivity index (χ0) is 17.5. The van der Waals surface area contributed by atoms with Gasteiger partial charge in [-0.25, -0.2) is 0 Å². The van der Waals surface area contributed by atoms with Crippen molar-refractivity contribution in [1.29, 1.82) is 0 Å². The van der Waals surface area contributed by atoms with Crippen LogP contribution in [0.5, 0.6) is 0 Å². The lowest BCUT2D eigenvalue weighted by atomic mass is 9.98. The third kappa shape index (κ3) is 4.61. The summed E-state index contributed by atoms with van der Waals surface area (Å²) in [4.78, 5) is 2.42. The molecule has 0 fully saturated rings. The van der Waals surface area contributed by atoms with Crippen molar-refractivity contribution < 1.29 is 0 Å². The summed E-state index contributed by atoms with van der Waals surface area (Å²) < 4.78 is 1.11. The van der Waals surface area contributed by atoms with Gasteiger partial charge in [-0.15, -0.1) is 6.58 Å². The highest BCUT2D eigenvalue weighted by Crippen LogP contribution is 2.30. The molecule has 2 heteroatoms. The van der Waals surface area contributed by atoms with Gasteiger partial charge in [0.05, 0.1) is 5.69 Å². The van der Waals surface area contributed by atoms with Crippen molar-refractivity contribution in [3.63, 3.8) is 0 Å². The molecule has 0 spiro atoms. The van der Waals surface area contributed by atoms with Crippen molar-refractivity contribution in [3.05, 3.63) is 113 Å². The van der Waals surface area contributed by atoms with Gasteiger partial charge >= 0.3 is 0 Å². The second kappa shape index (κ2) is 8.68. The predicted molar refractivity (Wildman–Crippen MR) is 111 cm³/mol. The van der Waals surface area contributed by atoms with Gasteiger partial charge in [0, 0.05) is 23.5 Å². The van der Waals surface area contributed by atoms with Crippen molar-refractivity contribution in [3.8, 4) is 0 Å². The Morgan fingerprint density at radius 3 is 2.08 bits per heavy atom.